The summed E-state index contributed by atoms with van der Waals surface area (Å²) in [4.78, 5) is 24.3. The Morgan fingerprint density at radius 1 is 1.42 bits per heavy atom. The normalized spacial score (nSPS) is 28.3. The van der Waals surface area contributed by atoms with Gasteiger partial charge in [-0.15, -0.1) is 0 Å². The van der Waals surface area contributed by atoms with Gasteiger partial charge in [0.05, 0.1) is 6.04 Å². The van der Waals surface area contributed by atoms with Crippen LogP contribution in [-0.4, -0.2) is 23.5 Å². The molecule has 3 rings (SSSR count). The molecule has 0 radical (unpaired) electrons. The summed E-state index contributed by atoms with van der Waals surface area (Å²) in [6, 6.07) is 3.57. The number of halogens is 1. The van der Waals surface area contributed by atoms with Gasteiger partial charge in [-0.1, -0.05) is 13.0 Å². The predicted octanol–water partition coefficient (Wildman–Crippen LogP) is 2.46. The molecule has 2 N–H and O–H groups in total. The number of nitrogens with one attached hydrogen (secondary N) is 2. The van der Waals surface area contributed by atoms with Gasteiger partial charge in [-0.3, -0.25) is 9.59 Å². The Morgan fingerprint density at radius 2 is 2.17 bits per heavy atom. The molecule has 1 aromatic rings. The van der Waals surface area contributed by atoms with Crippen molar-refractivity contribution in [2.75, 3.05) is 0 Å². The molecule has 24 heavy (non-hydrogen) atoms. The van der Waals surface area contributed by atoms with E-state index in [4.69, 9.17) is 4.74 Å². The van der Waals surface area contributed by atoms with Gasteiger partial charge in [0.2, 0.25) is 11.8 Å². The molecule has 0 spiro atoms. The van der Waals surface area contributed by atoms with Gasteiger partial charge >= 0.3 is 0 Å². The van der Waals surface area contributed by atoms with Crippen molar-refractivity contribution in [3.05, 3.63) is 29.6 Å². The fourth-order valence-electron chi connectivity index (χ4n) is 3.51. The number of carbonyl (C=O) groups is 2. The van der Waals surface area contributed by atoms with Crippen molar-refractivity contribution in [1.82, 2.24) is 10.6 Å². The van der Waals surface area contributed by atoms with E-state index in [2.05, 4.69) is 10.6 Å². The first kappa shape index (κ1) is 16.7. The lowest BCUT2D eigenvalue weighted by Crippen LogP contribution is -2.52. The molecule has 1 saturated heterocycles. The zero-order chi connectivity index (χ0) is 17.5. The largest absolute Gasteiger partial charge is 0.487 e. The lowest BCUT2D eigenvalue weighted by molar-refractivity contribution is -0.132. The van der Waals surface area contributed by atoms with Crippen molar-refractivity contribution >= 4 is 11.8 Å². The second-order valence-corrected chi connectivity index (χ2v) is 7.47. The topological polar surface area (TPSA) is 67.4 Å². The van der Waals surface area contributed by atoms with Crippen LogP contribution in [0.25, 0.3) is 0 Å². The first-order valence-corrected chi connectivity index (χ1v) is 8.32. The molecule has 2 aliphatic heterocycles. The number of hydrogen-bond acceptors (Lipinski definition) is 3. The third-order valence-corrected chi connectivity index (χ3v) is 4.57. The molecule has 0 saturated carbocycles. The number of piperidine rings is 1. The fraction of sp³-hybridized carbons (Fsp3) is 0.556. The van der Waals surface area contributed by atoms with E-state index in [-0.39, 0.29) is 29.6 Å². The lowest BCUT2D eigenvalue weighted by atomic mass is 9.88. The van der Waals surface area contributed by atoms with Crippen molar-refractivity contribution in [3.8, 4) is 5.75 Å². The summed E-state index contributed by atoms with van der Waals surface area (Å²) in [7, 11) is 0. The van der Waals surface area contributed by atoms with Crippen LogP contribution in [-0.2, 0) is 9.59 Å². The highest BCUT2D eigenvalue weighted by Crippen LogP contribution is 2.39. The monoisotopic (exact) mass is 334 g/mol. The van der Waals surface area contributed by atoms with Gasteiger partial charge in [-0.05, 0) is 32.3 Å². The minimum atomic E-state index is -0.517. The first-order chi connectivity index (χ1) is 11.2. The van der Waals surface area contributed by atoms with Gasteiger partial charge in [0, 0.05) is 24.5 Å². The number of hydrogen-bond donors (Lipinski definition) is 2. The van der Waals surface area contributed by atoms with E-state index in [0.717, 1.165) is 5.56 Å². The van der Waals surface area contributed by atoms with Gasteiger partial charge in [-0.25, -0.2) is 4.39 Å². The Labute approximate surface area is 141 Å². The molecule has 2 amide bonds. The van der Waals surface area contributed by atoms with Crippen molar-refractivity contribution in [2.24, 2.45) is 5.92 Å². The van der Waals surface area contributed by atoms with Crippen molar-refractivity contribution in [1.29, 1.82) is 0 Å². The standard InChI is InChI=1S/C18H23FN2O3/c1-10-6-13(20-16(22)7-10)17(23)21-14-9-18(2,3)24-15-8-11(19)4-5-12(14)15/h4-5,8,10,13-14H,6-7,9H2,1-3H3,(H,20,22)(H,21,23)/t10-,13-,14?/m1/s1. The molecule has 1 unspecified atom stereocenters. The van der Waals surface area contributed by atoms with Crippen LogP contribution in [0.5, 0.6) is 5.75 Å². The summed E-state index contributed by atoms with van der Waals surface area (Å²) in [5, 5.41) is 5.75. The molecule has 0 aromatic heterocycles. The van der Waals surface area contributed by atoms with Gasteiger partial charge < -0.3 is 15.4 Å². The Bertz CT molecular complexity index is 674. The fourth-order valence-corrected chi connectivity index (χ4v) is 3.51. The second-order valence-electron chi connectivity index (χ2n) is 7.47. The van der Waals surface area contributed by atoms with E-state index in [9.17, 15) is 14.0 Å². The second kappa shape index (κ2) is 6.07. The zero-order valence-corrected chi connectivity index (χ0v) is 14.2. The number of amides is 2. The molecule has 5 nitrogen and oxygen atoms in total. The van der Waals surface area contributed by atoms with Crippen LogP contribution in [0.15, 0.2) is 18.2 Å². The first-order valence-electron chi connectivity index (χ1n) is 8.32. The highest BCUT2D eigenvalue weighted by atomic mass is 19.1. The molecule has 2 aliphatic rings. The SMILES string of the molecule is C[C@H]1CC(=O)N[C@@H](C(=O)NC2CC(C)(C)Oc3cc(F)ccc32)C1. The van der Waals surface area contributed by atoms with E-state index in [0.29, 0.717) is 25.0 Å². The van der Waals surface area contributed by atoms with E-state index >= 15 is 0 Å². The van der Waals surface area contributed by atoms with Crippen molar-refractivity contribution in [2.45, 2.75) is 57.7 Å². The van der Waals surface area contributed by atoms with Crippen LogP contribution in [0.4, 0.5) is 4.39 Å². The highest BCUT2D eigenvalue weighted by Gasteiger charge is 2.37. The van der Waals surface area contributed by atoms with E-state index in [1.807, 2.05) is 20.8 Å². The molecule has 3 atom stereocenters. The van der Waals surface area contributed by atoms with Crippen LogP contribution >= 0.6 is 0 Å². The lowest BCUT2D eigenvalue weighted by Gasteiger charge is -2.38. The van der Waals surface area contributed by atoms with Gasteiger partial charge in [0.25, 0.3) is 0 Å². The van der Waals surface area contributed by atoms with Crippen molar-refractivity contribution in [3.63, 3.8) is 0 Å². The molecule has 1 fully saturated rings. The van der Waals surface area contributed by atoms with Gasteiger partial charge in [-0.2, -0.15) is 0 Å². The molecular weight excluding hydrogens is 311 g/mol. The quantitative estimate of drug-likeness (QED) is 0.873. The molecule has 0 bridgehead atoms. The van der Waals surface area contributed by atoms with E-state index < -0.39 is 11.6 Å². The van der Waals surface area contributed by atoms with Crippen molar-refractivity contribution < 1.29 is 18.7 Å². The number of benzene rings is 1. The molecule has 0 aliphatic carbocycles. The van der Waals surface area contributed by atoms with Crippen LogP contribution in [0, 0.1) is 11.7 Å². The Kier molecular flexibility index (Phi) is 4.24. The smallest absolute Gasteiger partial charge is 0.243 e. The zero-order valence-electron chi connectivity index (χ0n) is 14.2. The Morgan fingerprint density at radius 3 is 2.88 bits per heavy atom. The third kappa shape index (κ3) is 3.52. The minimum Gasteiger partial charge on any atom is -0.487 e. The number of ether oxygens (including phenoxy) is 1. The number of rotatable bonds is 2. The van der Waals surface area contributed by atoms with Crippen LogP contribution < -0.4 is 15.4 Å². The van der Waals surface area contributed by atoms with E-state index in [1.54, 1.807) is 6.07 Å². The molecule has 2 heterocycles. The van der Waals surface area contributed by atoms with Gasteiger partial charge in [0.1, 0.15) is 23.2 Å². The van der Waals surface area contributed by atoms with Crippen LogP contribution in [0.2, 0.25) is 0 Å². The van der Waals surface area contributed by atoms with Crippen LogP contribution in [0.3, 0.4) is 0 Å². The maximum atomic E-state index is 13.5. The summed E-state index contributed by atoms with van der Waals surface area (Å²) in [6.45, 7) is 5.78. The average molecular weight is 334 g/mol. The summed E-state index contributed by atoms with van der Waals surface area (Å²) in [6.07, 6.45) is 1.66. The third-order valence-electron chi connectivity index (χ3n) is 4.57. The predicted molar refractivity (Wildman–Crippen MR) is 86.9 cm³/mol. The highest BCUT2D eigenvalue weighted by molar-refractivity contribution is 5.89. The van der Waals surface area contributed by atoms with E-state index in [1.165, 1.54) is 12.1 Å². The average Bonchev–Trinajstić information content (AvgIpc) is 2.44. The number of fused-ring (bicyclic) bond motifs is 1. The maximum Gasteiger partial charge on any atom is 0.243 e. The molecule has 1 aromatic carbocycles. The minimum absolute atomic E-state index is 0.0938. The Balaban J connectivity index is 1.79. The summed E-state index contributed by atoms with van der Waals surface area (Å²) in [5.74, 6) is -0.0268. The summed E-state index contributed by atoms with van der Waals surface area (Å²) < 4.78 is 19.3. The molecule has 130 valence electrons. The maximum absolute atomic E-state index is 13.5. The Hall–Kier alpha value is -2.11. The van der Waals surface area contributed by atoms with Gasteiger partial charge in [0.15, 0.2) is 0 Å². The summed E-state index contributed by atoms with van der Waals surface area (Å²) in [5.41, 5.74) is 0.251. The molecule has 6 heteroatoms. The number of carbonyl (C=O) groups excluding carboxylic acids is 2. The summed E-state index contributed by atoms with van der Waals surface area (Å²) >= 11 is 0. The molecular formula is C18H23FN2O3. The van der Waals surface area contributed by atoms with Crippen LogP contribution in [0.1, 0.15) is 51.6 Å².